The highest BCUT2D eigenvalue weighted by atomic mass is 15.2. The summed E-state index contributed by atoms with van der Waals surface area (Å²) in [5.41, 5.74) is 3.74. The highest BCUT2D eigenvalue weighted by molar-refractivity contribution is 5.90. The third-order valence-corrected chi connectivity index (χ3v) is 3.95. The van der Waals surface area contributed by atoms with Crippen molar-refractivity contribution < 1.29 is 0 Å². The molecule has 4 heteroatoms. The molecule has 104 valence electrons. The standard InChI is InChI=1S/C17H16N4/c1-18-17-19-15-9-5-4-8-14(15)16(20-17)21-10-12-6-2-3-7-13(12)11-21/h2-9H,10-11H2,1H3,(H,18,19,20). The van der Waals surface area contributed by atoms with Crippen LogP contribution in [0, 0.1) is 0 Å². The molecule has 0 amide bonds. The Hall–Kier alpha value is -2.62. The van der Waals surface area contributed by atoms with Crippen molar-refractivity contribution in [3.05, 3.63) is 59.7 Å². The number of rotatable bonds is 2. The van der Waals surface area contributed by atoms with Crippen molar-refractivity contribution in [1.29, 1.82) is 0 Å². The summed E-state index contributed by atoms with van der Waals surface area (Å²) < 4.78 is 0. The third-order valence-electron chi connectivity index (χ3n) is 3.95. The summed E-state index contributed by atoms with van der Waals surface area (Å²) in [6.07, 6.45) is 0. The molecule has 0 radical (unpaired) electrons. The molecule has 0 unspecified atom stereocenters. The first-order valence-electron chi connectivity index (χ1n) is 7.11. The minimum Gasteiger partial charge on any atom is -0.357 e. The number of aromatic nitrogens is 2. The van der Waals surface area contributed by atoms with Gasteiger partial charge in [0, 0.05) is 25.5 Å². The zero-order valence-corrected chi connectivity index (χ0v) is 11.9. The lowest BCUT2D eigenvalue weighted by Gasteiger charge is -2.19. The highest BCUT2D eigenvalue weighted by Gasteiger charge is 2.22. The smallest absolute Gasteiger partial charge is 0.224 e. The van der Waals surface area contributed by atoms with Gasteiger partial charge in [0.2, 0.25) is 5.95 Å². The van der Waals surface area contributed by atoms with Gasteiger partial charge in [-0.1, -0.05) is 36.4 Å². The van der Waals surface area contributed by atoms with E-state index in [1.54, 1.807) is 0 Å². The Morgan fingerprint density at radius 3 is 2.29 bits per heavy atom. The fourth-order valence-electron chi connectivity index (χ4n) is 2.90. The Balaban J connectivity index is 1.84. The maximum Gasteiger partial charge on any atom is 0.224 e. The fraction of sp³-hybridized carbons (Fsp3) is 0.176. The van der Waals surface area contributed by atoms with E-state index in [4.69, 9.17) is 0 Å². The second kappa shape index (κ2) is 4.74. The zero-order chi connectivity index (χ0) is 14.2. The average molecular weight is 276 g/mol. The molecule has 1 aliphatic rings. The van der Waals surface area contributed by atoms with Crippen molar-refractivity contribution in [2.45, 2.75) is 13.1 Å². The summed E-state index contributed by atoms with van der Waals surface area (Å²) in [5, 5.41) is 4.16. The van der Waals surface area contributed by atoms with Gasteiger partial charge >= 0.3 is 0 Å². The van der Waals surface area contributed by atoms with E-state index < -0.39 is 0 Å². The molecule has 0 spiro atoms. The zero-order valence-electron chi connectivity index (χ0n) is 11.9. The van der Waals surface area contributed by atoms with E-state index >= 15 is 0 Å². The molecule has 0 fully saturated rings. The molecule has 1 aromatic heterocycles. The Morgan fingerprint density at radius 2 is 1.57 bits per heavy atom. The summed E-state index contributed by atoms with van der Waals surface area (Å²) >= 11 is 0. The second-order valence-corrected chi connectivity index (χ2v) is 5.26. The van der Waals surface area contributed by atoms with E-state index in [0.717, 1.165) is 29.8 Å². The third kappa shape index (κ3) is 2.00. The average Bonchev–Trinajstić information content (AvgIpc) is 2.97. The summed E-state index contributed by atoms with van der Waals surface area (Å²) in [4.78, 5) is 11.5. The van der Waals surface area contributed by atoms with Crippen molar-refractivity contribution in [2.24, 2.45) is 0 Å². The molecule has 1 aliphatic heterocycles. The van der Waals surface area contributed by atoms with Crippen molar-refractivity contribution in [1.82, 2.24) is 9.97 Å². The topological polar surface area (TPSA) is 41.1 Å². The van der Waals surface area contributed by atoms with Crippen LogP contribution in [-0.2, 0) is 13.1 Å². The first kappa shape index (κ1) is 12.1. The lowest BCUT2D eigenvalue weighted by atomic mass is 10.1. The summed E-state index contributed by atoms with van der Waals surface area (Å²) in [6.45, 7) is 1.81. The van der Waals surface area contributed by atoms with Gasteiger partial charge in [-0.2, -0.15) is 4.98 Å². The van der Waals surface area contributed by atoms with Gasteiger partial charge in [0.05, 0.1) is 5.52 Å². The van der Waals surface area contributed by atoms with Crippen molar-refractivity contribution in [3.8, 4) is 0 Å². The van der Waals surface area contributed by atoms with Crippen LogP contribution in [0.4, 0.5) is 11.8 Å². The second-order valence-electron chi connectivity index (χ2n) is 5.26. The summed E-state index contributed by atoms with van der Waals surface area (Å²) in [5.74, 6) is 1.67. The maximum absolute atomic E-state index is 4.69. The van der Waals surface area contributed by atoms with Crippen LogP contribution in [0.25, 0.3) is 10.9 Å². The van der Waals surface area contributed by atoms with Crippen LogP contribution >= 0.6 is 0 Å². The molecule has 4 nitrogen and oxygen atoms in total. The molecule has 0 aliphatic carbocycles. The van der Waals surface area contributed by atoms with Gasteiger partial charge in [0.1, 0.15) is 5.82 Å². The molecule has 0 bridgehead atoms. The van der Waals surface area contributed by atoms with Crippen LogP contribution in [0.2, 0.25) is 0 Å². The van der Waals surface area contributed by atoms with Crippen molar-refractivity contribution in [2.75, 3.05) is 17.3 Å². The molecular weight excluding hydrogens is 260 g/mol. The first-order valence-corrected chi connectivity index (χ1v) is 7.11. The predicted octanol–water partition coefficient (Wildman–Crippen LogP) is 3.19. The molecule has 4 rings (SSSR count). The number of para-hydroxylation sites is 1. The van der Waals surface area contributed by atoms with Gasteiger partial charge in [0.25, 0.3) is 0 Å². The van der Waals surface area contributed by atoms with E-state index in [9.17, 15) is 0 Å². The molecule has 2 heterocycles. The quantitative estimate of drug-likeness (QED) is 0.780. The van der Waals surface area contributed by atoms with Crippen LogP contribution in [0.3, 0.4) is 0 Å². The Bertz CT molecular complexity index is 788. The van der Waals surface area contributed by atoms with Crippen molar-refractivity contribution in [3.63, 3.8) is 0 Å². The van der Waals surface area contributed by atoms with E-state index in [-0.39, 0.29) is 0 Å². The first-order chi connectivity index (χ1) is 10.3. The monoisotopic (exact) mass is 276 g/mol. The predicted molar refractivity (Wildman–Crippen MR) is 85.4 cm³/mol. The molecule has 21 heavy (non-hydrogen) atoms. The minimum absolute atomic E-state index is 0.666. The Kier molecular flexibility index (Phi) is 2.74. The summed E-state index contributed by atoms with van der Waals surface area (Å²) in [7, 11) is 1.85. The van der Waals surface area contributed by atoms with Crippen LogP contribution < -0.4 is 10.2 Å². The number of hydrogen-bond acceptors (Lipinski definition) is 4. The number of benzene rings is 2. The van der Waals surface area contributed by atoms with E-state index in [1.165, 1.54) is 11.1 Å². The highest BCUT2D eigenvalue weighted by Crippen LogP contribution is 2.32. The van der Waals surface area contributed by atoms with Gasteiger partial charge < -0.3 is 10.2 Å². The van der Waals surface area contributed by atoms with Crippen LogP contribution in [0.5, 0.6) is 0 Å². The molecule has 0 atom stereocenters. The molecule has 2 aromatic carbocycles. The Labute approximate surface area is 123 Å². The summed E-state index contributed by atoms with van der Waals surface area (Å²) in [6, 6.07) is 16.8. The van der Waals surface area contributed by atoms with Gasteiger partial charge in [-0.25, -0.2) is 4.98 Å². The molecule has 0 saturated carbocycles. The number of hydrogen-bond donors (Lipinski definition) is 1. The Morgan fingerprint density at radius 1 is 0.905 bits per heavy atom. The number of nitrogens with zero attached hydrogens (tertiary/aromatic N) is 3. The van der Waals surface area contributed by atoms with E-state index in [0.29, 0.717) is 5.95 Å². The van der Waals surface area contributed by atoms with Gasteiger partial charge in [-0.15, -0.1) is 0 Å². The normalized spacial score (nSPS) is 13.5. The number of nitrogens with one attached hydrogen (secondary N) is 1. The number of anilines is 2. The molecule has 0 saturated heterocycles. The van der Waals surface area contributed by atoms with E-state index in [1.807, 2.05) is 25.2 Å². The molecule has 3 aromatic rings. The maximum atomic E-state index is 4.69. The van der Waals surface area contributed by atoms with Crippen LogP contribution in [0.15, 0.2) is 48.5 Å². The SMILES string of the molecule is CNc1nc(N2Cc3ccccc3C2)c2ccccc2n1. The fourth-order valence-corrected chi connectivity index (χ4v) is 2.90. The molecular formula is C17H16N4. The largest absolute Gasteiger partial charge is 0.357 e. The van der Waals surface area contributed by atoms with E-state index in [2.05, 4.69) is 50.5 Å². The van der Waals surface area contributed by atoms with Gasteiger partial charge in [-0.3, -0.25) is 0 Å². The van der Waals surface area contributed by atoms with Gasteiger partial charge in [-0.05, 0) is 23.3 Å². The molecule has 1 N–H and O–H groups in total. The lowest BCUT2D eigenvalue weighted by molar-refractivity contribution is 0.860. The van der Waals surface area contributed by atoms with Crippen molar-refractivity contribution >= 4 is 22.7 Å². The van der Waals surface area contributed by atoms with Crippen LogP contribution in [-0.4, -0.2) is 17.0 Å². The van der Waals surface area contributed by atoms with Gasteiger partial charge in [0.15, 0.2) is 0 Å². The minimum atomic E-state index is 0.666. The lowest BCUT2D eigenvalue weighted by Crippen LogP contribution is -2.17. The number of fused-ring (bicyclic) bond motifs is 2. The van der Waals surface area contributed by atoms with Crippen LogP contribution in [0.1, 0.15) is 11.1 Å².